The lowest BCUT2D eigenvalue weighted by molar-refractivity contribution is -0.147. The third-order valence-corrected chi connectivity index (χ3v) is 4.27. The largest absolute Gasteiger partial charge is 0.342 e. The van der Waals surface area contributed by atoms with Crippen LogP contribution in [0.2, 0.25) is 0 Å². The Bertz CT molecular complexity index is 493. The molecule has 4 nitrogen and oxygen atoms in total. The second kappa shape index (κ2) is 5.67. The van der Waals surface area contributed by atoms with Crippen molar-refractivity contribution in [2.45, 2.75) is 25.3 Å². The molecule has 0 unspecified atom stereocenters. The predicted octanol–water partition coefficient (Wildman–Crippen LogP) is 1.77. The minimum Gasteiger partial charge on any atom is -0.342 e. The van der Waals surface area contributed by atoms with E-state index >= 15 is 0 Å². The van der Waals surface area contributed by atoms with Crippen LogP contribution < -0.4 is 0 Å². The Balaban J connectivity index is 1.45. The van der Waals surface area contributed by atoms with Crippen molar-refractivity contribution in [2.75, 3.05) is 26.2 Å². The molecule has 6 heteroatoms. The number of likely N-dealkylation sites (tertiary alicyclic amines) is 2. The van der Waals surface area contributed by atoms with E-state index in [0.29, 0.717) is 13.1 Å². The molecule has 1 aromatic heterocycles. The molecular formula is C15H19F2N3O. The zero-order valence-corrected chi connectivity index (χ0v) is 11.8. The van der Waals surface area contributed by atoms with Gasteiger partial charge in [-0.2, -0.15) is 0 Å². The number of halogens is 2. The van der Waals surface area contributed by atoms with E-state index in [1.165, 1.54) is 5.56 Å². The smallest absolute Gasteiger partial charge is 0.251 e. The number of pyridine rings is 1. The number of rotatable bonds is 3. The van der Waals surface area contributed by atoms with Crippen LogP contribution in [0.5, 0.6) is 0 Å². The third-order valence-electron chi connectivity index (χ3n) is 4.27. The molecule has 2 aliphatic heterocycles. The van der Waals surface area contributed by atoms with Crippen molar-refractivity contribution in [2.24, 2.45) is 5.92 Å². The molecular weight excluding hydrogens is 276 g/mol. The zero-order valence-electron chi connectivity index (χ0n) is 11.8. The normalized spacial score (nSPS) is 22.9. The van der Waals surface area contributed by atoms with Gasteiger partial charge in [0.15, 0.2) is 0 Å². The van der Waals surface area contributed by atoms with Gasteiger partial charge in [0.05, 0.1) is 5.92 Å². The summed E-state index contributed by atoms with van der Waals surface area (Å²) in [4.78, 5) is 20.0. The standard InChI is InChI=1S/C15H19F2N3O/c16-15(17)3-7-20(8-4-15)14(21)13-10-19(11-13)9-12-1-5-18-6-2-12/h1-2,5-6,13H,3-4,7-11H2. The maximum Gasteiger partial charge on any atom is 0.251 e. The maximum atomic E-state index is 13.1. The highest BCUT2D eigenvalue weighted by atomic mass is 19.3. The van der Waals surface area contributed by atoms with Crippen LogP contribution in [0.15, 0.2) is 24.5 Å². The Morgan fingerprint density at radius 2 is 1.86 bits per heavy atom. The first-order valence-corrected chi connectivity index (χ1v) is 7.31. The van der Waals surface area contributed by atoms with Crippen molar-refractivity contribution in [1.82, 2.24) is 14.8 Å². The number of piperidine rings is 1. The molecule has 0 aromatic carbocycles. The first-order chi connectivity index (χ1) is 10.0. The topological polar surface area (TPSA) is 36.4 Å². The number of aromatic nitrogens is 1. The van der Waals surface area contributed by atoms with Crippen molar-refractivity contribution in [3.05, 3.63) is 30.1 Å². The molecule has 0 saturated carbocycles. The summed E-state index contributed by atoms with van der Waals surface area (Å²) >= 11 is 0. The first-order valence-electron chi connectivity index (χ1n) is 7.31. The van der Waals surface area contributed by atoms with Crippen LogP contribution in [0.4, 0.5) is 8.78 Å². The lowest BCUT2D eigenvalue weighted by Gasteiger charge is -2.42. The van der Waals surface area contributed by atoms with Crippen LogP contribution in [0, 0.1) is 5.92 Å². The summed E-state index contributed by atoms with van der Waals surface area (Å²) in [6.07, 6.45) is 3.11. The molecule has 2 saturated heterocycles. The van der Waals surface area contributed by atoms with Crippen LogP contribution in [-0.2, 0) is 11.3 Å². The summed E-state index contributed by atoms with van der Waals surface area (Å²) in [6.45, 7) is 2.62. The Hall–Kier alpha value is -1.56. The van der Waals surface area contributed by atoms with E-state index in [9.17, 15) is 13.6 Å². The summed E-state index contributed by atoms with van der Waals surface area (Å²) < 4.78 is 26.2. The van der Waals surface area contributed by atoms with Crippen LogP contribution in [-0.4, -0.2) is 52.8 Å². The molecule has 0 radical (unpaired) electrons. The van der Waals surface area contributed by atoms with E-state index in [2.05, 4.69) is 9.88 Å². The monoisotopic (exact) mass is 295 g/mol. The van der Waals surface area contributed by atoms with Gasteiger partial charge in [0.1, 0.15) is 0 Å². The molecule has 1 aromatic rings. The number of hydrogen-bond donors (Lipinski definition) is 0. The molecule has 1 amide bonds. The van der Waals surface area contributed by atoms with Gasteiger partial charge in [-0.05, 0) is 17.7 Å². The Morgan fingerprint density at radius 3 is 2.48 bits per heavy atom. The Labute approximate surface area is 122 Å². The summed E-state index contributed by atoms with van der Waals surface area (Å²) in [7, 11) is 0. The molecule has 3 heterocycles. The quantitative estimate of drug-likeness (QED) is 0.853. The molecule has 0 aliphatic carbocycles. The highest BCUT2D eigenvalue weighted by molar-refractivity contribution is 5.80. The maximum absolute atomic E-state index is 13.1. The van der Waals surface area contributed by atoms with Crippen molar-refractivity contribution in [3.63, 3.8) is 0 Å². The molecule has 0 N–H and O–H groups in total. The predicted molar refractivity (Wildman–Crippen MR) is 73.8 cm³/mol. The average Bonchev–Trinajstić information content (AvgIpc) is 2.43. The van der Waals surface area contributed by atoms with Gasteiger partial charge < -0.3 is 4.90 Å². The van der Waals surface area contributed by atoms with Gasteiger partial charge in [0, 0.05) is 58.0 Å². The zero-order chi connectivity index (χ0) is 14.9. The number of amides is 1. The highest BCUT2D eigenvalue weighted by Crippen LogP contribution is 2.29. The number of carbonyl (C=O) groups is 1. The second-order valence-electron chi connectivity index (χ2n) is 5.93. The highest BCUT2D eigenvalue weighted by Gasteiger charge is 2.40. The van der Waals surface area contributed by atoms with Crippen LogP contribution in [0.25, 0.3) is 0 Å². The van der Waals surface area contributed by atoms with Gasteiger partial charge in [-0.3, -0.25) is 14.7 Å². The van der Waals surface area contributed by atoms with E-state index in [1.54, 1.807) is 17.3 Å². The Morgan fingerprint density at radius 1 is 1.24 bits per heavy atom. The lowest BCUT2D eigenvalue weighted by Crippen LogP contribution is -2.55. The fourth-order valence-electron chi connectivity index (χ4n) is 2.91. The van der Waals surface area contributed by atoms with E-state index in [4.69, 9.17) is 0 Å². The van der Waals surface area contributed by atoms with E-state index in [0.717, 1.165) is 6.54 Å². The first kappa shape index (κ1) is 14.4. The minimum absolute atomic E-state index is 0.0291. The van der Waals surface area contributed by atoms with Gasteiger partial charge in [-0.1, -0.05) is 0 Å². The van der Waals surface area contributed by atoms with Crippen molar-refractivity contribution >= 4 is 5.91 Å². The van der Waals surface area contributed by atoms with Crippen LogP contribution in [0.3, 0.4) is 0 Å². The van der Waals surface area contributed by atoms with Gasteiger partial charge in [-0.25, -0.2) is 8.78 Å². The van der Waals surface area contributed by atoms with Crippen molar-refractivity contribution in [3.8, 4) is 0 Å². The molecule has 3 rings (SSSR count). The number of carbonyl (C=O) groups excluding carboxylic acids is 1. The molecule has 2 aliphatic rings. The van der Waals surface area contributed by atoms with Gasteiger partial charge >= 0.3 is 0 Å². The summed E-state index contributed by atoms with van der Waals surface area (Å²) in [5.74, 6) is -2.58. The fourth-order valence-corrected chi connectivity index (χ4v) is 2.91. The number of hydrogen-bond acceptors (Lipinski definition) is 3. The average molecular weight is 295 g/mol. The van der Waals surface area contributed by atoms with Crippen LogP contribution >= 0.6 is 0 Å². The Kier molecular flexibility index (Phi) is 3.89. The van der Waals surface area contributed by atoms with E-state index < -0.39 is 5.92 Å². The van der Waals surface area contributed by atoms with Crippen LogP contribution in [0.1, 0.15) is 18.4 Å². The van der Waals surface area contributed by atoms with Gasteiger partial charge in [0.2, 0.25) is 5.91 Å². The molecule has 0 spiro atoms. The molecule has 2 fully saturated rings. The lowest BCUT2D eigenvalue weighted by atomic mass is 9.96. The SMILES string of the molecule is O=C(C1CN(Cc2ccncc2)C1)N1CCC(F)(F)CC1. The molecule has 0 bridgehead atoms. The van der Waals surface area contributed by atoms with Gasteiger partial charge in [-0.15, -0.1) is 0 Å². The van der Waals surface area contributed by atoms with Gasteiger partial charge in [0.25, 0.3) is 5.92 Å². The third kappa shape index (κ3) is 3.37. The summed E-state index contributed by atoms with van der Waals surface area (Å²) in [5.41, 5.74) is 1.17. The molecule has 114 valence electrons. The van der Waals surface area contributed by atoms with Crippen molar-refractivity contribution < 1.29 is 13.6 Å². The number of alkyl halides is 2. The second-order valence-corrected chi connectivity index (χ2v) is 5.93. The summed E-state index contributed by atoms with van der Waals surface area (Å²) in [6, 6.07) is 3.92. The molecule has 21 heavy (non-hydrogen) atoms. The minimum atomic E-state index is -2.59. The van der Waals surface area contributed by atoms with E-state index in [-0.39, 0.29) is 37.8 Å². The number of nitrogens with zero attached hydrogens (tertiary/aromatic N) is 3. The van der Waals surface area contributed by atoms with Crippen molar-refractivity contribution in [1.29, 1.82) is 0 Å². The fraction of sp³-hybridized carbons (Fsp3) is 0.600. The molecule has 0 atom stereocenters. The summed E-state index contributed by atoms with van der Waals surface area (Å²) in [5, 5.41) is 0. The van der Waals surface area contributed by atoms with E-state index in [1.807, 2.05) is 12.1 Å².